The van der Waals surface area contributed by atoms with Crippen LogP contribution in [0.2, 0.25) is 0 Å². The highest BCUT2D eigenvalue weighted by Gasteiger charge is 2.25. The molecular formula is C16H19N3O. The van der Waals surface area contributed by atoms with Crippen LogP contribution in [-0.2, 0) is 6.42 Å². The summed E-state index contributed by atoms with van der Waals surface area (Å²) < 4.78 is 5.43. The van der Waals surface area contributed by atoms with Crippen molar-refractivity contribution >= 4 is 5.95 Å². The molecule has 1 aliphatic rings. The molecular weight excluding hydrogens is 250 g/mol. The predicted octanol–water partition coefficient (Wildman–Crippen LogP) is 3.20. The summed E-state index contributed by atoms with van der Waals surface area (Å²) >= 11 is 0. The number of rotatable bonds is 3. The van der Waals surface area contributed by atoms with Crippen LogP contribution in [-0.4, -0.2) is 17.1 Å². The highest BCUT2D eigenvalue weighted by Crippen LogP contribution is 2.38. The molecule has 1 aromatic carbocycles. The van der Waals surface area contributed by atoms with Crippen LogP contribution >= 0.6 is 0 Å². The van der Waals surface area contributed by atoms with E-state index in [2.05, 4.69) is 21.4 Å². The summed E-state index contributed by atoms with van der Waals surface area (Å²) in [4.78, 5) is 8.92. The number of fused-ring (bicyclic) bond motifs is 1. The molecule has 1 heterocycles. The number of benzene rings is 1. The first-order valence-electron chi connectivity index (χ1n) is 6.92. The van der Waals surface area contributed by atoms with Crippen LogP contribution in [0.25, 0.3) is 0 Å². The fourth-order valence-electron chi connectivity index (χ4n) is 2.91. The van der Waals surface area contributed by atoms with Gasteiger partial charge in [-0.05, 0) is 49.9 Å². The van der Waals surface area contributed by atoms with Crippen molar-refractivity contribution in [3.63, 3.8) is 0 Å². The topological polar surface area (TPSA) is 47.0 Å². The van der Waals surface area contributed by atoms with Gasteiger partial charge in [0.1, 0.15) is 5.75 Å². The lowest BCUT2D eigenvalue weighted by atomic mass is 10.1. The highest BCUT2D eigenvalue weighted by atomic mass is 16.5. The Morgan fingerprint density at radius 3 is 2.65 bits per heavy atom. The lowest BCUT2D eigenvalue weighted by molar-refractivity contribution is 0.410. The largest absolute Gasteiger partial charge is 0.496 e. The van der Waals surface area contributed by atoms with Gasteiger partial charge in [0, 0.05) is 11.4 Å². The molecule has 104 valence electrons. The maximum atomic E-state index is 5.43. The molecule has 0 aliphatic heterocycles. The molecule has 1 atom stereocenters. The van der Waals surface area contributed by atoms with E-state index in [0.717, 1.165) is 30.0 Å². The maximum absolute atomic E-state index is 5.43. The summed E-state index contributed by atoms with van der Waals surface area (Å²) in [6.07, 6.45) is 2.08. The van der Waals surface area contributed by atoms with Gasteiger partial charge in [0.15, 0.2) is 0 Å². The second-order valence-electron chi connectivity index (χ2n) is 5.24. The average molecular weight is 269 g/mol. The summed E-state index contributed by atoms with van der Waals surface area (Å²) in [5.74, 6) is 1.69. The molecule has 1 N–H and O–H groups in total. The van der Waals surface area contributed by atoms with Gasteiger partial charge in [-0.1, -0.05) is 12.1 Å². The number of aryl methyl sites for hydroxylation is 2. The second kappa shape index (κ2) is 5.12. The first kappa shape index (κ1) is 12.9. The Bertz CT molecular complexity index is 619. The summed E-state index contributed by atoms with van der Waals surface area (Å²) in [5, 5.41) is 3.45. The fourth-order valence-corrected chi connectivity index (χ4v) is 2.91. The van der Waals surface area contributed by atoms with Crippen LogP contribution in [0, 0.1) is 13.8 Å². The Hall–Kier alpha value is -2.10. The number of anilines is 1. The first-order chi connectivity index (χ1) is 9.67. The third-order valence-corrected chi connectivity index (χ3v) is 3.73. The zero-order valence-corrected chi connectivity index (χ0v) is 12.1. The van der Waals surface area contributed by atoms with E-state index >= 15 is 0 Å². The molecule has 3 rings (SSSR count). The number of nitrogens with zero attached hydrogens (tertiary/aromatic N) is 2. The third-order valence-electron chi connectivity index (χ3n) is 3.73. The van der Waals surface area contributed by atoms with Crippen molar-refractivity contribution < 1.29 is 4.74 Å². The van der Waals surface area contributed by atoms with Crippen LogP contribution < -0.4 is 10.1 Å². The van der Waals surface area contributed by atoms with E-state index < -0.39 is 0 Å². The summed E-state index contributed by atoms with van der Waals surface area (Å²) in [6.45, 7) is 3.98. The van der Waals surface area contributed by atoms with Crippen molar-refractivity contribution in [2.75, 3.05) is 12.4 Å². The van der Waals surface area contributed by atoms with Gasteiger partial charge in [-0.25, -0.2) is 9.97 Å². The van der Waals surface area contributed by atoms with Crippen LogP contribution in [0.4, 0.5) is 5.95 Å². The smallest absolute Gasteiger partial charge is 0.223 e. The van der Waals surface area contributed by atoms with Crippen LogP contribution in [0.5, 0.6) is 5.75 Å². The van der Waals surface area contributed by atoms with Crippen LogP contribution in [0.1, 0.15) is 35.0 Å². The van der Waals surface area contributed by atoms with Crippen molar-refractivity contribution in [2.45, 2.75) is 32.7 Å². The van der Waals surface area contributed by atoms with E-state index in [1.165, 1.54) is 11.1 Å². The predicted molar refractivity (Wildman–Crippen MR) is 79.2 cm³/mol. The monoisotopic (exact) mass is 269 g/mol. The maximum Gasteiger partial charge on any atom is 0.223 e. The van der Waals surface area contributed by atoms with E-state index in [4.69, 9.17) is 4.74 Å². The number of hydrogen-bond acceptors (Lipinski definition) is 4. The zero-order chi connectivity index (χ0) is 14.1. The molecule has 0 saturated heterocycles. The highest BCUT2D eigenvalue weighted by molar-refractivity contribution is 5.48. The lowest BCUT2D eigenvalue weighted by Gasteiger charge is -2.15. The number of ether oxygens (including phenoxy) is 1. The number of aromatic nitrogens is 2. The minimum Gasteiger partial charge on any atom is -0.496 e. The quantitative estimate of drug-likeness (QED) is 0.929. The third kappa shape index (κ3) is 2.33. The molecule has 0 bridgehead atoms. The number of hydrogen-bond donors (Lipinski definition) is 1. The van der Waals surface area contributed by atoms with E-state index in [1.807, 2.05) is 32.0 Å². The van der Waals surface area contributed by atoms with Gasteiger partial charge in [-0.15, -0.1) is 0 Å². The first-order valence-corrected chi connectivity index (χ1v) is 6.92. The molecule has 1 unspecified atom stereocenters. The SMILES string of the molecule is COc1cccc2c1CCC2Nc1nc(C)cc(C)n1. The Morgan fingerprint density at radius 2 is 1.95 bits per heavy atom. The Kier molecular flexibility index (Phi) is 3.30. The molecule has 0 amide bonds. The second-order valence-corrected chi connectivity index (χ2v) is 5.24. The van der Waals surface area contributed by atoms with Crippen molar-refractivity contribution in [2.24, 2.45) is 0 Å². The molecule has 4 heteroatoms. The van der Waals surface area contributed by atoms with Crippen molar-refractivity contribution in [1.82, 2.24) is 9.97 Å². The molecule has 0 fully saturated rings. The number of nitrogens with one attached hydrogen (secondary N) is 1. The molecule has 1 aliphatic carbocycles. The standard InChI is InChI=1S/C16H19N3O/c1-10-9-11(2)18-16(17-10)19-14-8-7-13-12(14)5-4-6-15(13)20-3/h4-6,9,14H,7-8H2,1-3H3,(H,17,18,19). The molecule has 0 radical (unpaired) electrons. The number of methoxy groups -OCH3 is 1. The molecule has 4 nitrogen and oxygen atoms in total. The van der Waals surface area contributed by atoms with Gasteiger partial charge in [0.05, 0.1) is 13.2 Å². The summed E-state index contributed by atoms with van der Waals surface area (Å²) in [5.41, 5.74) is 4.58. The van der Waals surface area contributed by atoms with Crippen LogP contribution in [0.15, 0.2) is 24.3 Å². The van der Waals surface area contributed by atoms with Crippen molar-refractivity contribution in [3.8, 4) is 5.75 Å². The molecule has 20 heavy (non-hydrogen) atoms. The normalized spacial score (nSPS) is 16.9. The molecule has 0 spiro atoms. The minimum absolute atomic E-state index is 0.265. The van der Waals surface area contributed by atoms with Crippen LogP contribution in [0.3, 0.4) is 0 Å². The van der Waals surface area contributed by atoms with Crippen molar-refractivity contribution in [1.29, 1.82) is 0 Å². The molecule has 2 aromatic rings. The Morgan fingerprint density at radius 1 is 1.20 bits per heavy atom. The van der Waals surface area contributed by atoms with E-state index in [9.17, 15) is 0 Å². The average Bonchev–Trinajstić information content (AvgIpc) is 2.81. The van der Waals surface area contributed by atoms with Gasteiger partial charge in [0.25, 0.3) is 0 Å². The summed E-state index contributed by atoms with van der Waals surface area (Å²) in [6, 6.07) is 8.47. The van der Waals surface area contributed by atoms with Gasteiger partial charge in [0.2, 0.25) is 5.95 Å². The Balaban J connectivity index is 1.88. The van der Waals surface area contributed by atoms with Gasteiger partial charge >= 0.3 is 0 Å². The minimum atomic E-state index is 0.265. The van der Waals surface area contributed by atoms with Crippen molar-refractivity contribution in [3.05, 3.63) is 46.8 Å². The molecule has 1 aromatic heterocycles. The Labute approximate surface area is 119 Å². The lowest BCUT2D eigenvalue weighted by Crippen LogP contribution is -2.11. The van der Waals surface area contributed by atoms with E-state index in [-0.39, 0.29) is 6.04 Å². The van der Waals surface area contributed by atoms with E-state index in [0.29, 0.717) is 5.95 Å². The summed E-state index contributed by atoms with van der Waals surface area (Å²) in [7, 11) is 1.73. The molecule has 0 saturated carbocycles. The van der Waals surface area contributed by atoms with Gasteiger partial charge in [-0.3, -0.25) is 0 Å². The fraction of sp³-hybridized carbons (Fsp3) is 0.375. The van der Waals surface area contributed by atoms with Gasteiger partial charge in [-0.2, -0.15) is 0 Å². The van der Waals surface area contributed by atoms with E-state index in [1.54, 1.807) is 7.11 Å². The van der Waals surface area contributed by atoms with Gasteiger partial charge < -0.3 is 10.1 Å². The zero-order valence-electron chi connectivity index (χ0n) is 12.1.